The number of amides is 1. The average Bonchev–Trinajstić information content (AvgIpc) is 3.25. The summed E-state index contributed by atoms with van der Waals surface area (Å²) in [5.41, 5.74) is 2.29. The molecule has 1 aromatic carbocycles. The molecule has 1 N–H and O–H groups in total. The van der Waals surface area contributed by atoms with Gasteiger partial charge in [-0.15, -0.1) is 0 Å². The lowest BCUT2D eigenvalue weighted by atomic mass is 10.2. The van der Waals surface area contributed by atoms with Gasteiger partial charge in [-0.2, -0.15) is 14.7 Å². The zero-order chi connectivity index (χ0) is 16.4. The fraction of sp³-hybridized carbons (Fsp3) is 0.0588. The summed E-state index contributed by atoms with van der Waals surface area (Å²) < 4.78 is 3.31. The molecule has 4 rings (SSSR count). The van der Waals surface area contributed by atoms with Gasteiger partial charge in [0.05, 0.1) is 24.5 Å². The van der Waals surface area contributed by atoms with Crippen LogP contribution >= 0.6 is 0 Å². The van der Waals surface area contributed by atoms with E-state index in [4.69, 9.17) is 0 Å². The van der Waals surface area contributed by atoms with Crippen molar-refractivity contribution in [2.24, 2.45) is 0 Å². The molecule has 0 unspecified atom stereocenters. The highest BCUT2D eigenvalue weighted by Gasteiger charge is 2.11. The van der Waals surface area contributed by atoms with E-state index in [0.29, 0.717) is 23.6 Å². The molecule has 118 valence electrons. The van der Waals surface area contributed by atoms with E-state index in [9.17, 15) is 4.79 Å². The van der Waals surface area contributed by atoms with E-state index >= 15 is 0 Å². The van der Waals surface area contributed by atoms with Gasteiger partial charge in [0, 0.05) is 18.5 Å². The van der Waals surface area contributed by atoms with Crippen molar-refractivity contribution in [3.05, 3.63) is 78.4 Å². The van der Waals surface area contributed by atoms with Gasteiger partial charge in [-0.05, 0) is 11.6 Å². The molecule has 0 fully saturated rings. The summed E-state index contributed by atoms with van der Waals surface area (Å²) in [6.07, 6.45) is 6.55. The Balaban J connectivity index is 1.52. The van der Waals surface area contributed by atoms with E-state index in [-0.39, 0.29) is 5.91 Å². The molecule has 0 saturated heterocycles. The molecule has 4 aromatic rings. The maximum absolute atomic E-state index is 12.4. The van der Waals surface area contributed by atoms with E-state index in [0.717, 1.165) is 5.56 Å². The van der Waals surface area contributed by atoms with Crippen molar-refractivity contribution in [1.82, 2.24) is 24.4 Å². The van der Waals surface area contributed by atoms with Crippen LogP contribution in [-0.2, 0) is 6.54 Å². The molecule has 3 heterocycles. The van der Waals surface area contributed by atoms with E-state index < -0.39 is 0 Å². The Bertz CT molecular complexity index is 988. The van der Waals surface area contributed by atoms with Crippen molar-refractivity contribution in [2.75, 3.05) is 5.32 Å². The van der Waals surface area contributed by atoms with Gasteiger partial charge in [-0.3, -0.25) is 9.48 Å². The van der Waals surface area contributed by atoms with Crippen molar-refractivity contribution in [1.29, 1.82) is 0 Å². The number of hydrogen-bond acceptors (Lipinski definition) is 4. The SMILES string of the molecule is O=C(Nc1ccnc2ccnn12)c1cnn(Cc2ccccc2)c1. The average molecular weight is 318 g/mol. The van der Waals surface area contributed by atoms with E-state index in [1.54, 1.807) is 46.1 Å². The number of rotatable bonds is 4. The van der Waals surface area contributed by atoms with Crippen molar-refractivity contribution in [3.8, 4) is 0 Å². The first-order valence-corrected chi connectivity index (χ1v) is 7.46. The minimum atomic E-state index is -0.239. The van der Waals surface area contributed by atoms with Crippen LogP contribution in [0.2, 0.25) is 0 Å². The number of nitrogens with zero attached hydrogens (tertiary/aromatic N) is 5. The lowest BCUT2D eigenvalue weighted by Gasteiger charge is -2.05. The van der Waals surface area contributed by atoms with Gasteiger partial charge in [0.15, 0.2) is 5.65 Å². The molecule has 0 radical (unpaired) electrons. The highest BCUT2D eigenvalue weighted by molar-refractivity contribution is 6.03. The molecule has 1 amide bonds. The third-order valence-corrected chi connectivity index (χ3v) is 3.61. The topological polar surface area (TPSA) is 77.1 Å². The van der Waals surface area contributed by atoms with Crippen molar-refractivity contribution in [2.45, 2.75) is 6.54 Å². The number of carbonyl (C=O) groups excluding carboxylic acids is 1. The molecule has 24 heavy (non-hydrogen) atoms. The molecule has 7 heteroatoms. The fourth-order valence-electron chi connectivity index (χ4n) is 2.46. The van der Waals surface area contributed by atoms with Gasteiger partial charge < -0.3 is 5.32 Å². The summed E-state index contributed by atoms with van der Waals surface area (Å²) in [6.45, 7) is 0.618. The van der Waals surface area contributed by atoms with Gasteiger partial charge in [0.25, 0.3) is 5.91 Å². The number of benzene rings is 1. The van der Waals surface area contributed by atoms with E-state index in [1.807, 2.05) is 30.3 Å². The first-order valence-electron chi connectivity index (χ1n) is 7.46. The number of carbonyl (C=O) groups is 1. The van der Waals surface area contributed by atoms with Crippen LogP contribution in [0.3, 0.4) is 0 Å². The summed E-state index contributed by atoms with van der Waals surface area (Å²) >= 11 is 0. The maximum Gasteiger partial charge on any atom is 0.260 e. The summed E-state index contributed by atoms with van der Waals surface area (Å²) in [6, 6.07) is 13.4. The first kappa shape index (κ1) is 14.1. The summed E-state index contributed by atoms with van der Waals surface area (Å²) in [7, 11) is 0. The Morgan fingerprint density at radius 3 is 2.79 bits per heavy atom. The Morgan fingerprint density at radius 1 is 1.04 bits per heavy atom. The molecular formula is C17H14N6O. The standard InChI is InChI=1S/C17H14N6O/c24-17(21-16-6-8-18-15-7-9-19-23(15)16)14-10-20-22(12-14)11-13-4-2-1-3-5-13/h1-10,12H,11H2,(H,21,24). The molecule has 0 aliphatic rings. The molecule has 3 aromatic heterocycles. The number of anilines is 1. The quantitative estimate of drug-likeness (QED) is 0.626. The third kappa shape index (κ3) is 2.74. The molecule has 0 aliphatic heterocycles. The number of aromatic nitrogens is 5. The molecule has 7 nitrogen and oxygen atoms in total. The van der Waals surface area contributed by atoms with Gasteiger partial charge in [-0.25, -0.2) is 4.98 Å². The van der Waals surface area contributed by atoms with Gasteiger partial charge >= 0.3 is 0 Å². The Labute approximate surface area is 137 Å². The van der Waals surface area contributed by atoms with Crippen LogP contribution in [0.5, 0.6) is 0 Å². The highest BCUT2D eigenvalue weighted by atomic mass is 16.1. The smallest absolute Gasteiger partial charge is 0.260 e. The zero-order valence-corrected chi connectivity index (χ0v) is 12.7. The number of fused-ring (bicyclic) bond motifs is 1. The number of hydrogen-bond donors (Lipinski definition) is 1. The lowest BCUT2D eigenvalue weighted by Crippen LogP contribution is -2.14. The zero-order valence-electron chi connectivity index (χ0n) is 12.7. The molecule has 0 aliphatic carbocycles. The monoisotopic (exact) mass is 318 g/mol. The normalized spacial score (nSPS) is 10.8. The van der Waals surface area contributed by atoms with E-state index in [1.165, 1.54) is 0 Å². The van der Waals surface area contributed by atoms with Gasteiger partial charge in [0.2, 0.25) is 0 Å². The second-order valence-corrected chi connectivity index (χ2v) is 5.30. The van der Waals surface area contributed by atoms with Gasteiger partial charge in [0.1, 0.15) is 5.82 Å². The predicted octanol–water partition coefficient (Wildman–Crippen LogP) is 2.23. The number of nitrogens with one attached hydrogen (secondary N) is 1. The summed E-state index contributed by atoms with van der Waals surface area (Å²) in [4.78, 5) is 16.6. The second-order valence-electron chi connectivity index (χ2n) is 5.30. The largest absolute Gasteiger partial charge is 0.306 e. The highest BCUT2D eigenvalue weighted by Crippen LogP contribution is 2.11. The van der Waals surface area contributed by atoms with Crippen LogP contribution in [0.25, 0.3) is 5.65 Å². The molecule has 0 spiro atoms. The van der Waals surface area contributed by atoms with Crippen LogP contribution in [-0.4, -0.2) is 30.3 Å². The van der Waals surface area contributed by atoms with Crippen LogP contribution < -0.4 is 5.32 Å². The van der Waals surface area contributed by atoms with Crippen molar-refractivity contribution >= 4 is 17.4 Å². The third-order valence-electron chi connectivity index (χ3n) is 3.61. The Hall–Kier alpha value is -3.48. The Morgan fingerprint density at radius 2 is 1.92 bits per heavy atom. The minimum absolute atomic E-state index is 0.239. The summed E-state index contributed by atoms with van der Waals surface area (Å²) in [5.74, 6) is 0.322. The van der Waals surface area contributed by atoms with Crippen molar-refractivity contribution in [3.63, 3.8) is 0 Å². The van der Waals surface area contributed by atoms with Crippen molar-refractivity contribution < 1.29 is 4.79 Å². The lowest BCUT2D eigenvalue weighted by molar-refractivity contribution is 0.102. The fourth-order valence-corrected chi connectivity index (χ4v) is 2.46. The van der Waals surface area contributed by atoms with E-state index in [2.05, 4.69) is 20.5 Å². The van der Waals surface area contributed by atoms with Crippen LogP contribution in [0.15, 0.2) is 67.3 Å². The Kier molecular flexibility index (Phi) is 3.51. The molecule has 0 saturated carbocycles. The van der Waals surface area contributed by atoms with Crippen LogP contribution in [0, 0.1) is 0 Å². The molecule has 0 bridgehead atoms. The maximum atomic E-state index is 12.4. The first-order chi connectivity index (χ1) is 11.8. The molecule has 0 atom stereocenters. The summed E-state index contributed by atoms with van der Waals surface area (Å²) in [5, 5.41) is 11.2. The predicted molar refractivity (Wildman–Crippen MR) is 88.7 cm³/mol. The molecular weight excluding hydrogens is 304 g/mol. The van der Waals surface area contributed by atoms with Gasteiger partial charge in [-0.1, -0.05) is 30.3 Å². The minimum Gasteiger partial charge on any atom is -0.306 e. The van der Waals surface area contributed by atoms with Crippen LogP contribution in [0.1, 0.15) is 15.9 Å². The van der Waals surface area contributed by atoms with Crippen LogP contribution in [0.4, 0.5) is 5.82 Å². The second kappa shape index (κ2) is 5.96.